The molecule has 0 N–H and O–H groups in total. The summed E-state index contributed by atoms with van der Waals surface area (Å²) in [5, 5.41) is 0.0678. The van der Waals surface area contributed by atoms with E-state index in [0.717, 1.165) is 0 Å². The highest BCUT2D eigenvalue weighted by Gasteiger charge is 2.34. The van der Waals surface area contributed by atoms with Gasteiger partial charge in [0, 0.05) is 24.6 Å². The van der Waals surface area contributed by atoms with Gasteiger partial charge in [-0.15, -0.1) is 0 Å². The number of aromatic nitrogens is 1. The third-order valence-electron chi connectivity index (χ3n) is 5.09. The fourth-order valence-electron chi connectivity index (χ4n) is 3.61. The highest BCUT2D eigenvalue weighted by Crippen LogP contribution is 2.29. The summed E-state index contributed by atoms with van der Waals surface area (Å²) < 4.78 is 34.0. The van der Waals surface area contributed by atoms with Crippen LogP contribution in [-0.4, -0.2) is 35.5 Å². The van der Waals surface area contributed by atoms with Gasteiger partial charge in [0.15, 0.2) is 0 Å². The van der Waals surface area contributed by atoms with Crippen molar-refractivity contribution in [2.45, 2.75) is 31.8 Å². The number of benzene rings is 1. The SMILES string of the molecule is COC(=O)C1CCN(Cc2cccc(Cl)c2F)C(Cc2nc(Br)ccc2F)C1. The predicted octanol–water partition coefficient (Wildman–Crippen LogP) is 4.77. The third kappa shape index (κ3) is 4.88. The predicted molar refractivity (Wildman–Crippen MR) is 106 cm³/mol. The second-order valence-electron chi connectivity index (χ2n) is 6.85. The van der Waals surface area contributed by atoms with Crippen LogP contribution in [0.15, 0.2) is 34.9 Å². The molecule has 1 aromatic heterocycles. The van der Waals surface area contributed by atoms with Crippen LogP contribution in [0.25, 0.3) is 0 Å². The minimum absolute atomic E-state index is 0.0678. The van der Waals surface area contributed by atoms with Gasteiger partial charge in [-0.2, -0.15) is 0 Å². The fourth-order valence-corrected chi connectivity index (χ4v) is 4.15. The average molecular weight is 474 g/mol. The number of esters is 1. The second kappa shape index (κ2) is 9.29. The molecule has 2 unspecified atom stereocenters. The maximum atomic E-state index is 14.4. The van der Waals surface area contributed by atoms with Crippen molar-refractivity contribution in [3.63, 3.8) is 0 Å². The number of rotatable bonds is 5. The highest BCUT2D eigenvalue weighted by atomic mass is 79.9. The molecular formula is C20H20BrClF2N2O2. The van der Waals surface area contributed by atoms with E-state index in [9.17, 15) is 13.6 Å². The lowest BCUT2D eigenvalue weighted by atomic mass is 9.88. The molecule has 8 heteroatoms. The Labute approximate surface area is 176 Å². The Hall–Kier alpha value is -1.57. The summed E-state index contributed by atoms with van der Waals surface area (Å²) in [6.07, 6.45) is 1.39. The standard InChI is InChI=1S/C20H20BrClF2N2O2/c1-28-20(27)12-7-8-26(11-13-3-2-4-15(22)19(13)24)14(9-12)10-17-16(23)5-6-18(21)25-17/h2-6,12,14H,7-11H2,1H3. The number of piperidine rings is 1. The second-order valence-corrected chi connectivity index (χ2v) is 8.07. The number of ether oxygens (including phenoxy) is 1. The maximum Gasteiger partial charge on any atom is 0.308 e. The summed E-state index contributed by atoms with van der Waals surface area (Å²) >= 11 is 9.16. The lowest BCUT2D eigenvalue weighted by Crippen LogP contribution is -2.45. The van der Waals surface area contributed by atoms with Gasteiger partial charge in [-0.1, -0.05) is 23.7 Å². The lowest BCUT2D eigenvalue weighted by molar-refractivity contribution is -0.148. The number of pyridine rings is 1. The molecular weight excluding hydrogens is 454 g/mol. The van der Waals surface area contributed by atoms with Gasteiger partial charge >= 0.3 is 5.97 Å². The minimum Gasteiger partial charge on any atom is -0.469 e. The van der Waals surface area contributed by atoms with Gasteiger partial charge in [-0.3, -0.25) is 9.69 Å². The van der Waals surface area contributed by atoms with Crippen molar-refractivity contribution in [3.8, 4) is 0 Å². The lowest BCUT2D eigenvalue weighted by Gasteiger charge is -2.38. The van der Waals surface area contributed by atoms with Gasteiger partial charge in [0.05, 0.1) is 23.7 Å². The number of carbonyl (C=O) groups is 1. The zero-order valence-corrected chi connectivity index (χ0v) is 17.6. The van der Waals surface area contributed by atoms with Crippen molar-refractivity contribution in [1.29, 1.82) is 0 Å². The van der Waals surface area contributed by atoms with E-state index >= 15 is 0 Å². The van der Waals surface area contributed by atoms with Gasteiger partial charge in [-0.05, 0) is 53.5 Å². The molecule has 2 atom stereocenters. The van der Waals surface area contributed by atoms with Crippen LogP contribution >= 0.6 is 27.5 Å². The Kier molecular flexibility index (Phi) is 7.01. The molecule has 0 radical (unpaired) electrons. The molecule has 1 aromatic carbocycles. The van der Waals surface area contributed by atoms with Crippen LogP contribution in [0.2, 0.25) is 5.02 Å². The summed E-state index contributed by atoms with van der Waals surface area (Å²) in [6, 6.07) is 7.59. The quantitative estimate of drug-likeness (QED) is 0.463. The molecule has 28 heavy (non-hydrogen) atoms. The van der Waals surface area contributed by atoms with E-state index in [2.05, 4.69) is 25.8 Å². The van der Waals surface area contributed by atoms with Crippen molar-refractivity contribution < 1.29 is 18.3 Å². The molecule has 2 aromatic rings. The summed E-state index contributed by atoms with van der Waals surface area (Å²) in [4.78, 5) is 18.3. The van der Waals surface area contributed by atoms with Crippen molar-refractivity contribution in [2.75, 3.05) is 13.7 Å². The molecule has 1 aliphatic rings. The molecule has 0 bridgehead atoms. The van der Waals surface area contributed by atoms with Crippen LogP contribution < -0.4 is 0 Å². The zero-order chi connectivity index (χ0) is 20.3. The number of nitrogens with zero attached hydrogens (tertiary/aromatic N) is 2. The Bertz CT molecular complexity index is 868. The number of likely N-dealkylation sites (tertiary alicyclic amines) is 1. The maximum absolute atomic E-state index is 14.4. The Balaban J connectivity index is 1.85. The first-order valence-electron chi connectivity index (χ1n) is 8.94. The number of hydrogen-bond donors (Lipinski definition) is 0. The Morgan fingerprint density at radius 2 is 2.14 bits per heavy atom. The van der Waals surface area contributed by atoms with Crippen LogP contribution in [0.1, 0.15) is 24.1 Å². The summed E-state index contributed by atoms with van der Waals surface area (Å²) in [5.41, 5.74) is 0.776. The minimum atomic E-state index is -0.454. The number of halogens is 4. The normalized spacial score (nSPS) is 20.2. The summed E-state index contributed by atoms with van der Waals surface area (Å²) in [5.74, 6) is -1.41. The van der Waals surface area contributed by atoms with Crippen molar-refractivity contribution in [3.05, 3.63) is 62.8 Å². The van der Waals surface area contributed by atoms with Crippen LogP contribution in [0.3, 0.4) is 0 Å². The highest BCUT2D eigenvalue weighted by molar-refractivity contribution is 9.10. The van der Waals surface area contributed by atoms with E-state index in [1.54, 1.807) is 12.1 Å². The van der Waals surface area contributed by atoms with Crippen molar-refractivity contribution in [2.24, 2.45) is 5.92 Å². The van der Waals surface area contributed by atoms with E-state index in [1.165, 1.54) is 25.3 Å². The van der Waals surface area contributed by atoms with Crippen LogP contribution in [0.5, 0.6) is 0 Å². The molecule has 1 aliphatic heterocycles. The van der Waals surface area contributed by atoms with E-state index < -0.39 is 11.6 Å². The fraction of sp³-hybridized carbons (Fsp3) is 0.400. The van der Waals surface area contributed by atoms with Gasteiger partial charge in [-0.25, -0.2) is 13.8 Å². The van der Waals surface area contributed by atoms with Crippen molar-refractivity contribution in [1.82, 2.24) is 9.88 Å². The van der Waals surface area contributed by atoms with E-state index in [4.69, 9.17) is 16.3 Å². The zero-order valence-electron chi connectivity index (χ0n) is 15.3. The molecule has 1 saturated heterocycles. The van der Waals surface area contributed by atoms with Gasteiger partial charge in [0.25, 0.3) is 0 Å². The smallest absolute Gasteiger partial charge is 0.308 e. The first kappa shape index (κ1) is 21.1. The van der Waals surface area contributed by atoms with E-state index in [0.29, 0.717) is 48.2 Å². The molecule has 0 spiro atoms. The van der Waals surface area contributed by atoms with Gasteiger partial charge in [0.1, 0.15) is 16.2 Å². The van der Waals surface area contributed by atoms with E-state index in [-0.39, 0.29) is 23.0 Å². The number of hydrogen-bond acceptors (Lipinski definition) is 4. The van der Waals surface area contributed by atoms with Crippen LogP contribution in [-0.2, 0) is 22.5 Å². The number of methoxy groups -OCH3 is 1. The number of carbonyl (C=O) groups excluding carboxylic acids is 1. The summed E-state index contributed by atoms with van der Waals surface area (Å²) in [6.45, 7) is 0.882. The molecule has 3 rings (SSSR count). The molecule has 0 aliphatic carbocycles. The van der Waals surface area contributed by atoms with Crippen LogP contribution in [0, 0.1) is 17.6 Å². The molecule has 0 saturated carbocycles. The van der Waals surface area contributed by atoms with E-state index in [1.807, 2.05) is 0 Å². The summed E-state index contributed by atoms with van der Waals surface area (Å²) in [7, 11) is 1.36. The third-order valence-corrected chi connectivity index (χ3v) is 5.82. The Morgan fingerprint density at radius 3 is 2.89 bits per heavy atom. The molecule has 4 nitrogen and oxygen atoms in total. The first-order valence-corrected chi connectivity index (χ1v) is 10.1. The molecule has 2 heterocycles. The molecule has 0 amide bonds. The molecule has 1 fully saturated rings. The van der Waals surface area contributed by atoms with Gasteiger partial charge < -0.3 is 4.74 Å². The average Bonchev–Trinajstić information content (AvgIpc) is 2.68. The first-order chi connectivity index (χ1) is 13.4. The Morgan fingerprint density at radius 1 is 1.36 bits per heavy atom. The van der Waals surface area contributed by atoms with Crippen molar-refractivity contribution >= 4 is 33.5 Å². The monoisotopic (exact) mass is 472 g/mol. The molecule has 150 valence electrons. The van der Waals surface area contributed by atoms with Gasteiger partial charge in [0.2, 0.25) is 0 Å². The topological polar surface area (TPSA) is 42.4 Å². The van der Waals surface area contributed by atoms with Crippen LogP contribution in [0.4, 0.5) is 8.78 Å². The largest absolute Gasteiger partial charge is 0.469 e.